The Balaban J connectivity index is 2.13. The first-order valence-electron chi connectivity index (χ1n) is 6.49. The van der Waals surface area contributed by atoms with Gasteiger partial charge in [-0.15, -0.1) is 0 Å². The third kappa shape index (κ3) is 3.51. The van der Waals surface area contributed by atoms with Gasteiger partial charge < -0.3 is 0 Å². The predicted molar refractivity (Wildman–Crippen MR) is 81.7 cm³/mol. The van der Waals surface area contributed by atoms with Crippen LogP contribution in [-0.4, -0.2) is 21.5 Å². The number of benzene rings is 1. The van der Waals surface area contributed by atoms with E-state index in [0.29, 0.717) is 16.8 Å². The van der Waals surface area contributed by atoms with Crippen molar-refractivity contribution < 1.29 is 9.72 Å². The Bertz CT molecular complexity index is 742. The largest absolute Gasteiger partial charge is 0.272 e. The molecule has 0 radical (unpaired) electrons. The van der Waals surface area contributed by atoms with E-state index in [1.165, 1.54) is 18.2 Å². The molecule has 0 aliphatic rings. The third-order valence-electron chi connectivity index (χ3n) is 3.08. The second-order valence-corrected chi connectivity index (χ2v) is 4.63. The molecule has 1 aromatic heterocycles. The maximum atomic E-state index is 12.0. The van der Waals surface area contributed by atoms with Crippen LogP contribution in [0.5, 0.6) is 0 Å². The Morgan fingerprint density at radius 3 is 2.50 bits per heavy atom. The quantitative estimate of drug-likeness (QED) is 0.532. The van der Waals surface area contributed by atoms with Crippen LogP contribution in [0.3, 0.4) is 0 Å². The summed E-state index contributed by atoms with van der Waals surface area (Å²) in [5.41, 5.74) is 4.63. The monoisotopic (exact) mass is 298 g/mol. The molecule has 0 fully saturated rings. The van der Waals surface area contributed by atoms with E-state index in [9.17, 15) is 14.9 Å². The Hall–Kier alpha value is -3.09. The highest BCUT2D eigenvalue weighted by atomic mass is 16.6. The van der Waals surface area contributed by atoms with Crippen molar-refractivity contribution in [3.8, 4) is 0 Å². The van der Waals surface area contributed by atoms with Gasteiger partial charge in [0.2, 0.25) is 0 Å². The SMILES string of the molecule is C/C(=N\NC(=O)c1ccc([N+](=O)[O-])c(C)c1)c1ccncc1. The highest BCUT2D eigenvalue weighted by Crippen LogP contribution is 2.18. The van der Waals surface area contributed by atoms with Crippen LogP contribution in [0.25, 0.3) is 0 Å². The van der Waals surface area contributed by atoms with Crippen LogP contribution in [0.4, 0.5) is 5.69 Å². The van der Waals surface area contributed by atoms with Crippen molar-refractivity contribution in [1.29, 1.82) is 0 Å². The summed E-state index contributed by atoms with van der Waals surface area (Å²) in [6.07, 6.45) is 3.27. The van der Waals surface area contributed by atoms with Crippen LogP contribution in [0, 0.1) is 17.0 Å². The molecule has 0 aliphatic carbocycles. The maximum Gasteiger partial charge on any atom is 0.272 e. The molecule has 7 nitrogen and oxygen atoms in total. The van der Waals surface area contributed by atoms with E-state index in [-0.39, 0.29) is 5.69 Å². The van der Waals surface area contributed by atoms with Crippen molar-refractivity contribution in [2.24, 2.45) is 5.10 Å². The highest BCUT2D eigenvalue weighted by Gasteiger charge is 2.13. The number of aryl methyl sites for hydroxylation is 1. The first-order valence-corrected chi connectivity index (χ1v) is 6.49. The number of nitrogens with one attached hydrogen (secondary N) is 1. The summed E-state index contributed by atoms with van der Waals surface area (Å²) >= 11 is 0. The average molecular weight is 298 g/mol. The summed E-state index contributed by atoms with van der Waals surface area (Å²) in [7, 11) is 0. The number of aromatic nitrogens is 1. The van der Waals surface area contributed by atoms with Crippen molar-refractivity contribution >= 4 is 17.3 Å². The Labute approximate surface area is 126 Å². The molecule has 0 spiro atoms. The molecule has 2 rings (SSSR count). The van der Waals surface area contributed by atoms with Crippen LogP contribution in [0.15, 0.2) is 47.8 Å². The summed E-state index contributed by atoms with van der Waals surface area (Å²) in [6, 6.07) is 7.73. The topological polar surface area (TPSA) is 97.5 Å². The van der Waals surface area contributed by atoms with Crippen molar-refractivity contribution in [3.63, 3.8) is 0 Å². The fourth-order valence-electron chi connectivity index (χ4n) is 1.86. The lowest BCUT2D eigenvalue weighted by Crippen LogP contribution is -2.19. The van der Waals surface area contributed by atoms with Crippen LogP contribution in [0.2, 0.25) is 0 Å². The zero-order valence-corrected chi connectivity index (χ0v) is 12.1. The van der Waals surface area contributed by atoms with E-state index in [2.05, 4.69) is 15.5 Å². The third-order valence-corrected chi connectivity index (χ3v) is 3.08. The molecule has 0 saturated heterocycles. The number of amides is 1. The number of pyridine rings is 1. The van der Waals surface area contributed by atoms with Gasteiger partial charge in [0.25, 0.3) is 11.6 Å². The van der Waals surface area contributed by atoms with Crippen LogP contribution < -0.4 is 5.43 Å². The Morgan fingerprint density at radius 1 is 1.23 bits per heavy atom. The van der Waals surface area contributed by atoms with Gasteiger partial charge in [0.05, 0.1) is 10.6 Å². The number of carbonyl (C=O) groups is 1. The number of hydrogen-bond donors (Lipinski definition) is 1. The lowest BCUT2D eigenvalue weighted by atomic mass is 10.1. The van der Waals surface area contributed by atoms with Gasteiger partial charge in [0.1, 0.15) is 0 Å². The first-order chi connectivity index (χ1) is 10.5. The lowest BCUT2D eigenvalue weighted by Gasteiger charge is -2.04. The fourth-order valence-corrected chi connectivity index (χ4v) is 1.86. The molecule has 1 aromatic carbocycles. The minimum atomic E-state index is -0.483. The molecule has 0 saturated carbocycles. The number of hydrogen-bond acceptors (Lipinski definition) is 5. The molecule has 0 bridgehead atoms. The molecule has 22 heavy (non-hydrogen) atoms. The summed E-state index contributed by atoms with van der Waals surface area (Å²) in [4.78, 5) is 26.2. The molecule has 112 valence electrons. The van der Waals surface area contributed by atoms with Gasteiger partial charge in [-0.2, -0.15) is 5.10 Å². The van der Waals surface area contributed by atoms with Gasteiger partial charge in [-0.1, -0.05) is 0 Å². The maximum absolute atomic E-state index is 12.0. The Morgan fingerprint density at radius 2 is 1.91 bits per heavy atom. The van der Waals surface area contributed by atoms with Gasteiger partial charge >= 0.3 is 0 Å². The van der Waals surface area contributed by atoms with E-state index < -0.39 is 10.8 Å². The number of nitro groups is 1. The van der Waals surface area contributed by atoms with Gasteiger partial charge in [-0.3, -0.25) is 19.9 Å². The molecule has 7 heteroatoms. The van der Waals surface area contributed by atoms with Crippen LogP contribution >= 0.6 is 0 Å². The molecule has 2 aromatic rings. The first kappa shape index (κ1) is 15.3. The highest BCUT2D eigenvalue weighted by molar-refractivity contribution is 6.00. The number of nitro benzene ring substituents is 1. The minimum Gasteiger partial charge on any atom is -0.267 e. The van der Waals surface area contributed by atoms with Crippen molar-refractivity contribution in [1.82, 2.24) is 10.4 Å². The number of nitrogens with zero attached hydrogens (tertiary/aromatic N) is 3. The van der Waals surface area contributed by atoms with E-state index in [4.69, 9.17) is 0 Å². The van der Waals surface area contributed by atoms with Crippen molar-refractivity contribution in [2.45, 2.75) is 13.8 Å². The van der Waals surface area contributed by atoms with E-state index in [1.54, 1.807) is 38.4 Å². The fraction of sp³-hybridized carbons (Fsp3) is 0.133. The summed E-state index contributed by atoms with van der Waals surface area (Å²) in [5, 5.41) is 14.8. The minimum absolute atomic E-state index is 0.0204. The normalized spacial score (nSPS) is 11.1. The second kappa shape index (κ2) is 6.57. The standard InChI is InChI=1S/C15H14N4O3/c1-10-9-13(3-4-14(10)19(21)22)15(20)18-17-11(2)12-5-7-16-8-6-12/h3-9H,1-2H3,(H,18,20)/b17-11+. The zero-order valence-electron chi connectivity index (χ0n) is 12.1. The lowest BCUT2D eigenvalue weighted by molar-refractivity contribution is -0.385. The van der Waals surface area contributed by atoms with E-state index >= 15 is 0 Å². The van der Waals surface area contributed by atoms with Crippen LogP contribution in [0.1, 0.15) is 28.4 Å². The molecular weight excluding hydrogens is 284 g/mol. The summed E-state index contributed by atoms with van der Waals surface area (Å²) in [5.74, 6) is -0.425. The average Bonchev–Trinajstić information content (AvgIpc) is 2.52. The zero-order chi connectivity index (χ0) is 16.1. The van der Waals surface area contributed by atoms with Gasteiger partial charge in [-0.05, 0) is 38.1 Å². The number of carbonyl (C=O) groups excluding carboxylic acids is 1. The summed E-state index contributed by atoms with van der Waals surface area (Å²) in [6.45, 7) is 3.34. The van der Waals surface area contributed by atoms with Crippen molar-refractivity contribution in [3.05, 3.63) is 69.5 Å². The molecule has 1 amide bonds. The predicted octanol–water partition coefficient (Wildman–Crippen LogP) is 2.45. The van der Waals surface area contributed by atoms with Gasteiger partial charge in [0, 0.05) is 35.2 Å². The molecule has 0 atom stereocenters. The molecule has 1 heterocycles. The van der Waals surface area contributed by atoms with Crippen molar-refractivity contribution in [2.75, 3.05) is 0 Å². The number of rotatable bonds is 4. The Kier molecular flexibility index (Phi) is 4.57. The van der Waals surface area contributed by atoms with E-state index in [0.717, 1.165) is 5.56 Å². The second-order valence-electron chi connectivity index (χ2n) is 4.63. The van der Waals surface area contributed by atoms with Gasteiger partial charge in [0.15, 0.2) is 0 Å². The molecule has 0 unspecified atom stereocenters. The molecular formula is C15H14N4O3. The smallest absolute Gasteiger partial charge is 0.267 e. The molecule has 0 aliphatic heterocycles. The number of hydrazone groups is 1. The van der Waals surface area contributed by atoms with E-state index in [1.807, 2.05) is 0 Å². The summed E-state index contributed by atoms with van der Waals surface area (Å²) < 4.78 is 0. The van der Waals surface area contributed by atoms with Crippen LogP contribution in [-0.2, 0) is 0 Å². The molecule has 1 N–H and O–H groups in total. The van der Waals surface area contributed by atoms with Gasteiger partial charge in [-0.25, -0.2) is 5.43 Å².